The molecule has 8 heteroatoms. The van der Waals surface area contributed by atoms with Gasteiger partial charge in [-0.3, -0.25) is 0 Å². The lowest BCUT2D eigenvalue weighted by atomic mass is 10.2. The fourth-order valence-corrected chi connectivity index (χ4v) is 2.49. The predicted octanol–water partition coefficient (Wildman–Crippen LogP) is 2.73. The van der Waals surface area contributed by atoms with E-state index in [9.17, 15) is 18.3 Å². The van der Waals surface area contributed by atoms with Crippen molar-refractivity contribution in [3.05, 3.63) is 23.8 Å². The van der Waals surface area contributed by atoms with Crippen LogP contribution in [0.4, 0.5) is 18.3 Å². The number of aromatic nitrogens is 1. The van der Waals surface area contributed by atoms with E-state index in [1.807, 2.05) is 0 Å². The average molecular weight is 306 g/mol. The molecule has 0 aliphatic heterocycles. The van der Waals surface area contributed by atoms with Gasteiger partial charge in [-0.15, -0.1) is 0 Å². The van der Waals surface area contributed by atoms with Gasteiger partial charge in [-0.25, -0.2) is 4.98 Å². The van der Waals surface area contributed by atoms with Crippen LogP contribution in [0.1, 0.15) is 5.56 Å². The highest BCUT2D eigenvalue weighted by atomic mass is 32.1. The van der Waals surface area contributed by atoms with Crippen LogP contribution in [0.5, 0.6) is 0 Å². The van der Waals surface area contributed by atoms with Crippen molar-refractivity contribution in [3.63, 3.8) is 0 Å². The fourth-order valence-electron chi connectivity index (χ4n) is 1.64. The number of alkyl halides is 3. The Morgan fingerprint density at radius 1 is 1.45 bits per heavy atom. The zero-order chi connectivity index (χ0) is 14.8. The fraction of sp³-hybridized carbons (Fsp3) is 0.417. The molecular weight excluding hydrogens is 293 g/mol. The van der Waals surface area contributed by atoms with Gasteiger partial charge in [0, 0.05) is 13.7 Å². The highest BCUT2D eigenvalue weighted by Gasteiger charge is 2.30. The number of hydrogen-bond donors (Lipinski definition) is 2. The molecule has 4 nitrogen and oxygen atoms in total. The van der Waals surface area contributed by atoms with E-state index in [0.29, 0.717) is 9.83 Å². The summed E-state index contributed by atoms with van der Waals surface area (Å²) in [6, 6.07) is 3.44. The van der Waals surface area contributed by atoms with Gasteiger partial charge >= 0.3 is 6.18 Å². The van der Waals surface area contributed by atoms with E-state index >= 15 is 0 Å². The summed E-state index contributed by atoms with van der Waals surface area (Å²) in [5.74, 6) is 0. The van der Waals surface area contributed by atoms with Crippen LogP contribution < -0.4 is 5.32 Å². The van der Waals surface area contributed by atoms with Crippen LogP contribution in [0.2, 0.25) is 0 Å². The standard InChI is InChI=1S/C12H13F3N2O2S/c1-19-6-8(18)5-16-11-17-9-4-7(12(13,14)15)2-3-10(9)20-11/h2-4,8,18H,5-6H2,1H3,(H,16,17)/t8-/m0/s1. The number of rotatable bonds is 5. The first-order chi connectivity index (χ1) is 9.40. The third kappa shape index (κ3) is 3.59. The van der Waals surface area contributed by atoms with Gasteiger partial charge in [-0.1, -0.05) is 11.3 Å². The molecule has 1 aromatic carbocycles. The molecule has 0 fully saturated rings. The number of halogens is 3. The van der Waals surface area contributed by atoms with Crippen molar-refractivity contribution in [1.82, 2.24) is 4.98 Å². The number of aliphatic hydroxyl groups is 1. The molecule has 0 bridgehead atoms. The number of hydrogen-bond acceptors (Lipinski definition) is 5. The van der Waals surface area contributed by atoms with Crippen molar-refractivity contribution in [3.8, 4) is 0 Å². The summed E-state index contributed by atoms with van der Waals surface area (Å²) in [6.07, 6.45) is -5.07. The van der Waals surface area contributed by atoms with Gasteiger partial charge in [0.1, 0.15) is 0 Å². The Bertz CT molecular complexity index is 586. The Kier molecular flexibility index (Phi) is 4.46. The average Bonchev–Trinajstić information content (AvgIpc) is 2.77. The number of nitrogens with one attached hydrogen (secondary N) is 1. The number of anilines is 1. The van der Waals surface area contributed by atoms with E-state index in [1.54, 1.807) is 0 Å². The maximum atomic E-state index is 12.6. The highest BCUT2D eigenvalue weighted by Crippen LogP contribution is 2.33. The highest BCUT2D eigenvalue weighted by molar-refractivity contribution is 7.22. The summed E-state index contributed by atoms with van der Waals surface area (Å²) in [6.45, 7) is 0.399. The summed E-state index contributed by atoms with van der Waals surface area (Å²) in [4.78, 5) is 4.07. The van der Waals surface area contributed by atoms with Crippen molar-refractivity contribution >= 4 is 26.7 Å². The van der Waals surface area contributed by atoms with Gasteiger partial charge < -0.3 is 15.2 Å². The summed E-state index contributed by atoms with van der Waals surface area (Å²) in [5.41, 5.74) is -0.435. The lowest BCUT2D eigenvalue weighted by Crippen LogP contribution is -2.23. The molecule has 0 amide bonds. The number of methoxy groups -OCH3 is 1. The first kappa shape index (κ1) is 15.0. The lowest BCUT2D eigenvalue weighted by Gasteiger charge is -2.09. The van der Waals surface area contributed by atoms with Crippen LogP contribution >= 0.6 is 11.3 Å². The quantitative estimate of drug-likeness (QED) is 0.892. The molecule has 110 valence electrons. The SMILES string of the molecule is COC[C@@H](O)CNc1nc2cc(C(F)(F)F)ccc2s1. The molecule has 2 aromatic rings. The molecule has 0 radical (unpaired) electrons. The molecule has 1 aromatic heterocycles. The van der Waals surface area contributed by atoms with Crippen molar-refractivity contribution in [2.45, 2.75) is 12.3 Å². The van der Waals surface area contributed by atoms with Crippen LogP contribution in [0.3, 0.4) is 0 Å². The molecule has 0 saturated carbocycles. The van der Waals surface area contributed by atoms with E-state index in [1.165, 1.54) is 24.5 Å². The first-order valence-corrected chi connectivity index (χ1v) is 6.60. The normalized spacial score (nSPS) is 13.7. The number of fused-ring (bicyclic) bond motifs is 1. The van der Waals surface area contributed by atoms with E-state index < -0.39 is 17.8 Å². The monoisotopic (exact) mass is 306 g/mol. The minimum atomic E-state index is -4.37. The lowest BCUT2D eigenvalue weighted by molar-refractivity contribution is -0.137. The van der Waals surface area contributed by atoms with Crippen LogP contribution in [0, 0.1) is 0 Å². The first-order valence-electron chi connectivity index (χ1n) is 5.79. The molecule has 0 aliphatic carbocycles. The second-order valence-corrected chi connectivity index (χ2v) is 5.22. The van der Waals surface area contributed by atoms with Gasteiger partial charge in [0.15, 0.2) is 5.13 Å². The topological polar surface area (TPSA) is 54.4 Å². The Hall–Kier alpha value is -1.38. The Balaban J connectivity index is 2.13. The van der Waals surface area contributed by atoms with Crippen LogP contribution in [0.25, 0.3) is 10.2 Å². The van der Waals surface area contributed by atoms with Crippen LogP contribution in [0.15, 0.2) is 18.2 Å². The number of ether oxygens (including phenoxy) is 1. The Labute approximate surface area is 117 Å². The van der Waals surface area contributed by atoms with E-state index in [0.717, 1.165) is 12.1 Å². The van der Waals surface area contributed by atoms with E-state index in [4.69, 9.17) is 4.74 Å². The van der Waals surface area contributed by atoms with Crippen LogP contribution in [-0.4, -0.2) is 36.5 Å². The molecular formula is C12H13F3N2O2S. The van der Waals surface area contributed by atoms with Crippen molar-refractivity contribution < 1.29 is 23.0 Å². The second kappa shape index (κ2) is 5.94. The zero-order valence-electron chi connectivity index (χ0n) is 10.6. The number of thiazole rings is 1. The minimum Gasteiger partial charge on any atom is -0.389 e. The molecule has 2 N–H and O–H groups in total. The second-order valence-electron chi connectivity index (χ2n) is 4.19. The van der Waals surface area contributed by atoms with Crippen molar-refractivity contribution in [1.29, 1.82) is 0 Å². The van der Waals surface area contributed by atoms with Gasteiger partial charge in [0.25, 0.3) is 0 Å². The third-order valence-corrected chi connectivity index (χ3v) is 3.56. The number of benzene rings is 1. The van der Waals surface area contributed by atoms with Crippen molar-refractivity contribution in [2.24, 2.45) is 0 Å². The Morgan fingerprint density at radius 3 is 2.85 bits per heavy atom. The molecule has 0 spiro atoms. The Morgan fingerprint density at radius 2 is 2.20 bits per heavy atom. The summed E-state index contributed by atoms with van der Waals surface area (Å²) in [7, 11) is 1.47. The van der Waals surface area contributed by atoms with Gasteiger partial charge in [0.05, 0.1) is 28.5 Å². The predicted molar refractivity (Wildman–Crippen MR) is 71.0 cm³/mol. The molecule has 0 aliphatic rings. The maximum absolute atomic E-state index is 12.6. The minimum absolute atomic E-state index is 0.177. The van der Waals surface area contributed by atoms with Crippen molar-refractivity contribution in [2.75, 3.05) is 25.6 Å². The number of nitrogens with zero attached hydrogens (tertiary/aromatic N) is 1. The summed E-state index contributed by atoms with van der Waals surface area (Å²) in [5, 5.41) is 12.8. The molecule has 2 rings (SSSR count). The molecule has 0 saturated heterocycles. The van der Waals surface area contributed by atoms with Gasteiger partial charge in [0.2, 0.25) is 0 Å². The molecule has 20 heavy (non-hydrogen) atoms. The smallest absolute Gasteiger partial charge is 0.389 e. The number of aliphatic hydroxyl groups excluding tert-OH is 1. The molecule has 1 atom stereocenters. The molecule has 0 unspecified atom stereocenters. The van der Waals surface area contributed by atoms with E-state index in [-0.39, 0.29) is 18.7 Å². The third-order valence-electron chi connectivity index (χ3n) is 2.56. The largest absolute Gasteiger partial charge is 0.416 e. The maximum Gasteiger partial charge on any atom is 0.416 e. The zero-order valence-corrected chi connectivity index (χ0v) is 11.4. The van der Waals surface area contributed by atoms with Gasteiger partial charge in [-0.05, 0) is 18.2 Å². The summed E-state index contributed by atoms with van der Waals surface area (Å²) < 4.78 is 43.1. The van der Waals surface area contributed by atoms with E-state index in [2.05, 4.69) is 10.3 Å². The molecule has 1 heterocycles. The van der Waals surface area contributed by atoms with Crippen LogP contribution in [-0.2, 0) is 10.9 Å². The summed E-state index contributed by atoms with van der Waals surface area (Å²) >= 11 is 1.24. The van der Waals surface area contributed by atoms with Gasteiger partial charge in [-0.2, -0.15) is 13.2 Å².